The number of ether oxygens (including phenoxy) is 1. The van der Waals surface area contributed by atoms with E-state index in [4.69, 9.17) is 9.84 Å². The normalized spacial score (nSPS) is 19.7. The van der Waals surface area contributed by atoms with Crippen molar-refractivity contribution >= 4 is 12.0 Å². The quantitative estimate of drug-likeness (QED) is 0.888. The molecule has 1 aromatic rings. The fourth-order valence-electron chi connectivity index (χ4n) is 2.97. The molecular formula is C16H24N4O3. The summed E-state index contributed by atoms with van der Waals surface area (Å²) in [5, 5.41) is 8.79. The second-order valence-corrected chi connectivity index (χ2v) is 6.32. The molecule has 0 saturated carbocycles. The van der Waals surface area contributed by atoms with Crippen molar-refractivity contribution in [3.8, 4) is 0 Å². The first-order chi connectivity index (χ1) is 11.2. The molecule has 1 N–H and O–H groups in total. The van der Waals surface area contributed by atoms with E-state index in [-0.39, 0.29) is 6.10 Å². The van der Waals surface area contributed by atoms with E-state index in [2.05, 4.69) is 21.8 Å². The number of hydrogen-bond acceptors (Lipinski definition) is 5. The molecule has 3 heterocycles. The van der Waals surface area contributed by atoms with E-state index < -0.39 is 6.09 Å². The molecule has 126 valence electrons. The molecule has 2 aliphatic heterocycles. The summed E-state index contributed by atoms with van der Waals surface area (Å²) in [7, 11) is 0. The summed E-state index contributed by atoms with van der Waals surface area (Å²) < 4.78 is 5.81. The van der Waals surface area contributed by atoms with Crippen molar-refractivity contribution in [3.63, 3.8) is 0 Å². The van der Waals surface area contributed by atoms with E-state index in [0.29, 0.717) is 19.0 Å². The van der Waals surface area contributed by atoms with Crippen LogP contribution in [0.4, 0.5) is 10.7 Å². The number of anilines is 1. The number of rotatable bonds is 5. The lowest BCUT2D eigenvalue weighted by Crippen LogP contribution is -2.54. The third-order valence-corrected chi connectivity index (χ3v) is 4.68. The number of aryl methyl sites for hydroxylation is 1. The molecule has 7 heteroatoms. The van der Waals surface area contributed by atoms with Crippen LogP contribution in [0.2, 0.25) is 0 Å². The van der Waals surface area contributed by atoms with Crippen LogP contribution in [-0.4, -0.2) is 65.0 Å². The van der Waals surface area contributed by atoms with E-state index >= 15 is 0 Å². The zero-order chi connectivity index (χ0) is 16.2. The van der Waals surface area contributed by atoms with Crippen LogP contribution in [-0.2, 0) is 11.2 Å². The minimum atomic E-state index is -0.854. The number of hydrogen-bond donors (Lipinski definition) is 1. The first kappa shape index (κ1) is 16.0. The van der Waals surface area contributed by atoms with Gasteiger partial charge in [-0.2, -0.15) is 0 Å². The summed E-state index contributed by atoms with van der Waals surface area (Å²) >= 11 is 0. The zero-order valence-corrected chi connectivity index (χ0v) is 13.5. The number of carboxylic acid groups (broad SMARTS) is 1. The van der Waals surface area contributed by atoms with E-state index in [1.54, 1.807) is 0 Å². The Bertz CT molecular complexity index is 523. The molecule has 7 nitrogen and oxygen atoms in total. The molecular weight excluding hydrogens is 296 g/mol. The average molecular weight is 320 g/mol. The molecule has 0 bridgehead atoms. The Morgan fingerprint density at radius 3 is 2.52 bits per heavy atom. The highest BCUT2D eigenvalue weighted by atomic mass is 16.5. The highest BCUT2D eigenvalue weighted by molar-refractivity contribution is 5.66. The van der Waals surface area contributed by atoms with Crippen molar-refractivity contribution in [2.24, 2.45) is 5.92 Å². The second kappa shape index (κ2) is 7.12. The van der Waals surface area contributed by atoms with Crippen molar-refractivity contribution in [2.45, 2.75) is 32.3 Å². The first-order valence-electron chi connectivity index (χ1n) is 8.31. The number of piperidine rings is 1. The molecule has 0 spiro atoms. The Labute approximate surface area is 136 Å². The summed E-state index contributed by atoms with van der Waals surface area (Å²) in [6.45, 7) is 5.73. The number of nitrogens with zero attached hydrogens (tertiary/aromatic N) is 4. The molecule has 1 amide bonds. The largest absolute Gasteiger partial charge is 0.465 e. The fraction of sp³-hybridized carbons (Fsp3) is 0.688. The number of likely N-dealkylation sites (tertiary alicyclic amines) is 1. The Hall–Kier alpha value is -1.89. The van der Waals surface area contributed by atoms with Gasteiger partial charge in [0.15, 0.2) is 0 Å². The van der Waals surface area contributed by atoms with Gasteiger partial charge >= 0.3 is 6.09 Å². The number of amides is 1. The van der Waals surface area contributed by atoms with Crippen LogP contribution < -0.4 is 4.90 Å². The maximum atomic E-state index is 10.7. The van der Waals surface area contributed by atoms with Crippen molar-refractivity contribution in [1.29, 1.82) is 0 Å². The van der Waals surface area contributed by atoms with Crippen molar-refractivity contribution in [2.75, 3.05) is 37.7 Å². The molecule has 2 fully saturated rings. The third kappa shape index (κ3) is 3.90. The van der Waals surface area contributed by atoms with Gasteiger partial charge in [-0.1, -0.05) is 6.92 Å². The van der Waals surface area contributed by atoms with Gasteiger partial charge in [-0.15, -0.1) is 0 Å². The van der Waals surface area contributed by atoms with Crippen LogP contribution in [0.25, 0.3) is 0 Å². The molecule has 0 unspecified atom stereocenters. The van der Waals surface area contributed by atoms with Crippen LogP contribution in [0.1, 0.15) is 25.3 Å². The number of carbonyl (C=O) groups is 1. The van der Waals surface area contributed by atoms with E-state index in [1.165, 1.54) is 4.90 Å². The van der Waals surface area contributed by atoms with Crippen LogP contribution in [0, 0.1) is 5.92 Å². The molecule has 0 radical (unpaired) electrons. The van der Waals surface area contributed by atoms with E-state index in [9.17, 15) is 4.79 Å². The lowest BCUT2D eigenvalue weighted by molar-refractivity contribution is -0.0579. The summed E-state index contributed by atoms with van der Waals surface area (Å²) in [5.41, 5.74) is 1.16. The van der Waals surface area contributed by atoms with Gasteiger partial charge in [0.2, 0.25) is 5.95 Å². The van der Waals surface area contributed by atoms with Gasteiger partial charge in [-0.3, -0.25) is 0 Å². The molecule has 2 saturated heterocycles. The molecule has 23 heavy (non-hydrogen) atoms. The van der Waals surface area contributed by atoms with Gasteiger partial charge in [0.05, 0.1) is 25.8 Å². The first-order valence-corrected chi connectivity index (χ1v) is 8.31. The standard InChI is InChI=1S/C16H24N4O3/c1-2-12-7-17-15(18-8-12)19-5-3-13(4-6-19)11-23-14-9-20(10-14)16(21)22/h7-8,13-14H,2-6,9-11H2,1H3,(H,21,22). The highest BCUT2D eigenvalue weighted by Crippen LogP contribution is 2.22. The van der Waals surface area contributed by atoms with Crippen LogP contribution in [0.5, 0.6) is 0 Å². The number of aromatic nitrogens is 2. The predicted molar refractivity (Wildman–Crippen MR) is 85.7 cm³/mol. The summed E-state index contributed by atoms with van der Waals surface area (Å²) in [5.74, 6) is 1.36. The summed E-state index contributed by atoms with van der Waals surface area (Å²) in [6, 6.07) is 0. The lowest BCUT2D eigenvalue weighted by Gasteiger charge is -2.38. The Morgan fingerprint density at radius 2 is 1.96 bits per heavy atom. The third-order valence-electron chi connectivity index (χ3n) is 4.68. The maximum absolute atomic E-state index is 10.7. The molecule has 1 aromatic heterocycles. The van der Waals surface area contributed by atoms with Gasteiger partial charge in [-0.05, 0) is 30.7 Å². The highest BCUT2D eigenvalue weighted by Gasteiger charge is 2.32. The molecule has 0 aliphatic carbocycles. The van der Waals surface area contributed by atoms with E-state index in [0.717, 1.165) is 50.5 Å². The van der Waals surface area contributed by atoms with Crippen LogP contribution in [0.15, 0.2) is 12.4 Å². The van der Waals surface area contributed by atoms with Crippen LogP contribution >= 0.6 is 0 Å². The SMILES string of the molecule is CCc1cnc(N2CCC(COC3CN(C(=O)O)C3)CC2)nc1. The molecule has 0 aromatic carbocycles. The fourth-order valence-corrected chi connectivity index (χ4v) is 2.97. The van der Waals surface area contributed by atoms with Crippen molar-refractivity contribution in [3.05, 3.63) is 18.0 Å². The van der Waals surface area contributed by atoms with E-state index in [1.807, 2.05) is 12.4 Å². The summed E-state index contributed by atoms with van der Waals surface area (Å²) in [4.78, 5) is 23.2. The second-order valence-electron chi connectivity index (χ2n) is 6.32. The smallest absolute Gasteiger partial charge is 0.407 e. The minimum absolute atomic E-state index is 0.0778. The maximum Gasteiger partial charge on any atom is 0.407 e. The van der Waals surface area contributed by atoms with Gasteiger partial charge in [0.1, 0.15) is 0 Å². The molecule has 2 aliphatic rings. The van der Waals surface area contributed by atoms with Gasteiger partial charge < -0.3 is 19.6 Å². The lowest BCUT2D eigenvalue weighted by atomic mass is 9.98. The summed E-state index contributed by atoms with van der Waals surface area (Å²) in [6.07, 6.45) is 6.12. The average Bonchev–Trinajstić information content (AvgIpc) is 2.54. The Balaban J connectivity index is 1.38. The molecule has 3 rings (SSSR count). The molecule has 0 atom stereocenters. The Kier molecular flexibility index (Phi) is 4.95. The van der Waals surface area contributed by atoms with Crippen molar-refractivity contribution < 1.29 is 14.6 Å². The minimum Gasteiger partial charge on any atom is -0.465 e. The predicted octanol–water partition coefficient (Wildman–Crippen LogP) is 1.63. The van der Waals surface area contributed by atoms with Gasteiger partial charge in [0.25, 0.3) is 0 Å². The van der Waals surface area contributed by atoms with Crippen molar-refractivity contribution in [1.82, 2.24) is 14.9 Å². The van der Waals surface area contributed by atoms with Crippen LogP contribution in [0.3, 0.4) is 0 Å². The Morgan fingerprint density at radius 1 is 1.30 bits per heavy atom. The topological polar surface area (TPSA) is 78.8 Å². The van der Waals surface area contributed by atoms with Gasteiger partial charge in [0, 0.05) is 25.5 Å². The van der Waals surface area contributed by atoms with Gasteiger partial charge in [-0.25, -0.2) is 14.8 Å². The zero-order valence-electron chi connectivity index (χ0n) is 13.5. The monoisotopic (exact) mass is 320 g/mol.